The number of sulfonamides is 1. The zero-order valence-corrected chi connectivity index (χ0v) is 14.3. The van der Waals surface area contributed by atoms with E-state index in [9.17, 15) is 18.5 Å². The molecule has 9 heteroatoms. The number of hydrogen-bond donors (Lipinski definition) is 1. The van der Waals surface area contributed by atoms with E-state index in [1.807, 2.05) is 0 Å². The summed E-state index contributed by atoms with van der Waals surface area (Å²) >= 11 is 0. The molecule has 0 saturated heterocycles. The summed E-state index contributed by atoms with van der Waals surface area (Å²) in [5, 5.41) is 10.9. The molecule has 0 atom stereocenters. The molecule has 2 N–H and O–H groups in total. The summed E-state index contributed by atoms with van der Waals surface area (Å²) in [5.74, 6) is -0.0646. The third-order valence-electron chi connectivity index (χ3n) is 4.17. The SMILES string of the molecule is COc1cc([N+](=O)[O-])ccc1S(=O)(=O)N1CCCc2c(N)cccc21. The van der Waals surface area contributed by atoms with E-state index < -0.39 is 14.9 Å². The third kappa shape index (κ3) is 2.86. The summed E-state index contributed by atoms with van der Waals surface area (Å²) < 4.78 is 32.7. The fourth-order valence-electron chi connectivity index (χ4n) is 2.97. The highest BCUT2D eigenvalue weighted by atomic mass is 32.2. The predicted molar refractivity (Wildman–Crippen MR) is 93.4 cm³/mol. The van der Waals surface area contributed by atoms with Crippen LogP contribution in [0, 0.1) is 10.1 Å². The summed E-state index contributed by atoms with van der Waals surface area (Å²) in [5.41, 5.74) is 7.61. The van der Waals surface area contributed by atoms with Crippen molar-refractivity contribution in [2.24, 2.45) is 0 Å². The van der Waals surface area contributed by atoms with Crippen molar-refractivity contribution in [1.29, 1.82) is 0 Å². The van der Waals surface area contributed by atoms with Crippen LogP contribution in [-0.4, -0.2) is 27.0 Å². The summed E-state index contributed by atoms with van der Waals surface area (Å²) in [6.07, 6.45) is 1.33. The molecule has 132 valence electrons. The Kier molecular flexibility index (Phi) is 4.25. The van der Waals surface area contributed by atoms with Gasteiger partial charge in [0.05, 0.1) is 23.8 Å². The van der Waals surface area contributed by atoms with E-state index in [-0.39, 0.29) is 16.3 Å². The van der Waals surface area contributed by atoms with Crippen LogP contribution in [0.4, 0.5) is 17.1 Å². The lowest BCUT2D eigenvalue weighted by Crippen LogP contribution is -2.36. The molecule has 2 aromatic carbocycles. The number of anilines is 2. The molecule has 0 aromatic heterocycles. The van der Waals surface area contributed by atoms with E-state index in [1.54, 1.807) is 18.2 Å². The average Bonchev–Trinajstić information content (AvgIpc) is 2.61. The number of methoxy groups -OCH3 is 1. The van der Waals surface area contributed by atoms with Crippen molar-refractivity contribution in [2.45, 2.75) is 17.7 Å². The van der Waals surface area contributed by atoms with Gasteiger partial charge in [0.1, 0.15) is 10.6 Å². The van der Waals surface area contributed by atoms with Crippen LogP contribution >= 0.6 is 0 Å². The molecule has 1 heterocycles. The second kappa shape index (κ2) is 6.25. The standard InChI is InChI=1S/C16H17N3O5S/c1-24-15-10-11(19(20)21)7-8-16(15)25(22,23)18-9-3-4-12-13(17)5-2-6-14(12)18/h2,5-8,10H,3-4,9,17H2,1H3. The van der Waals surface area contributed by atoms with Crippen LogP contribution in [0.5, 0.6) is 5.75 Å². The number of non-ortho nitro benzene ring substituents is 1. The highest BCUT2D eigenvalue weighted by molar-refractivity contribution is 7.93. The minimum Gasteiger partial charge on any atom is -0.495 e. The van der Waals surface area contributed by atoms with Gasteiger partial charge >= 0.3 is 0 Å². The Morgan fingerprint density at radius 2 is 2.04 bits per heavy atom. The Labute approximate surface area is 145 Å². The molecule has 8 nitrogen and oxygen atoms in total. The fourth-order valence-corrected chi connectivity index (χ4v) is 4.64. The lowest BCUT2D eigenvalue weighted by molar-refractivity contribution is -0.385. The maximum absolute atomic E-state index is 13.2. The number of nitrogens with two attached hydrogens (primary N) is 1. The molecular weight excluding hydrogens is 346 g/mol. The molecule has 0 spiro atoms. The van der Waals surface area contributed by atoms with Gasteiger partial charge in [0.2, 0.25) is 0 Å². The van der Waals surface area contributed by atoms with Gasteiger partial charge in [-0.3, -0.25) is 14.4 Å². The molecule has 0 radical (unpaired) electrons. The summed E-state index contributed by atoms with van der Waals surface area (Å²) in [6, 6.07) is 8.61. The fraction of sp³-hybridized carbons (Fsp3) is 0.250. The van der Waals surface area contributed by atoms with Crippen molar-refractivity contribution in [3.63, 3.8) is 0 Å². The zero-order chi connectivity index (χ0) is 18.2. The third-order valence-corrected chi connectivity index (χ3v) is 6.02. The quantitative estimate of drug-likeness (QED) is 0.506. The Bertz CT molecular complexity index is 943. The second-order valence-electron chi connectivity index (χ2n) is 5.62. The van der Waals surface area contributed by atoms with Gasteiger partial charge in [-0.1, -0.05) is 6.07 Å². The van der Waals surface area contributed by atoms with Crippen LogP contribution in [-0.2, 0) is 16.4 Å². The summed E-state index contributed by atoms with van der Waals surface area (Å²) in [4.78, 5) is 10.2. The lowest BCUT2D eigenvalue weighted by Gasteiger charge is -2.31. The Hall–Kier alpha value is -2.81. The maximum atomic E-state index is 13.2. The molecule has 1 aliphatic heterocycles. The van der Waals surface area contributed by atoms with Gasteiger partial charge in [-0.15, -0.1) is 0 Å². The van der Waals surface area contributed by atoms with E-state index in [0.29, 0.717) is 30.8 Å². The minimum absolute atomic E-state index is 0.0646. The number of ether oxygens (including phenoxy) is 1. The Morgan fingerprint density at radius 1 is 1.28 bits per heavy atom. The van der Waals surface area contributed by atoms with E-state index in [2.05, 4.69) is 0 Å². The van der Waals surface area contributed by atoms with Crippen LogP contribution in [0.2, 0.25) is 0 Å². The zero-order valence-electron chi connectivity index (χ0n) is 13.5. The average molecular weight is 363 g/mol. The second-order valence-corrected chi connectivity index (χ2v) is 7.45. The molecule has 0 aliphatic carbocycles. The lowest BCUT2D eigenvalue weighted by atomic mass is 10.0. The van der Waals surface area contributed by atoms with Crippen LogP contribution in [0.1, 0.15) is 12.0 Å². The van der Waals surface area contributed by atoms with Crippen molar-refractivity contribution in [2.75, 3.05) is 23.7 Å². The van der Waals surface area contributed by atoms with E-state index in [0.717, 1.165) is 17.7 Å². The van der Waals surface area contributed by atoms with Crippen molar-refractivity contribution in [3.05, 3.63) is 52.1 Å². The highest BCUT2D eigenvalue weighted by Crippen LogP contribution is 2.38. The number of rotatable bonds is 4. The van der Waals surface area contributed by atoms with E-state index >= 15 is 0 Å². The van der Waals surface area contributed by atoms with Gasteiger partial charge in [-0.2, -0.15) is 0 Å². The minimum atomic E-state index is -3.95. The molecule has 0 amide bonds. The van der Waals surface area contributed by atoms with Gasteiger partial charge in [0, 0.05) is 18.3 Å². The number of hydrogen-bond acceptors (Lipinski definition) is 6. The normalized spacial score (nSPS) is 14.0. The molecule has 1 aliphatic rings. The molecule has 0 fully saturated rings. The molecule has 0 saturated carbocycles. The van der Waals surface area contributed by atoms with E-state index in [1.165, 1.54) is 17.5 Å². The van der Waals surface area contributed by atoms with Gasteiger partial charge in [-0.25, -0.2) is 8.42 Å². The van der Waals surface area contributed by atoms with Crippen LogP contribution in [0.25, 0.3) is 0 Å². The maximum Gasteiger partial charge on any atom is 0.273 e. The van der Waals surface area contributed by atoms with Crippen LogP contribution < -0.4 is 14.8 Å². The first-order valence-corrected chi connectivity index (χ1v) is 9.03. The molecule has 0 unspecified atom stereocenters. The molecule has 25 heavy (non-hydrogen) atoms. The predicted octanol–water partition coefficient (Wildman–Crippen LogP) is 2.33. The topological polar surface area (TPSA) is 116 Å². The number of benzene rings is 2. The molecular formula is C16H17N3O5S. The van der Waals surface area contributed by atoms with E-state index in [4.69, 9.17) is 10.5 Å². The van der Waals surface area contributed by atoms with Crippen LogP contribution in [0.3, 0.4) is 0 Å². The van der Waals surface area contributed by atoms with Crippen molar-refractivity contribution >= 4 is 27.1 Å². The number of nitro benzene ring substituents is 1. The van der Waals surface area contributed by atoms with Crippen molar-refractivity contribution in [3.8, 4) is 5.75 Å². The highest BCUT2D eigenvalue weighted by Gasteiger charge is 2.32. The summed E-state index contributed by atoms with van der Waals surface area (Å²) in [7, 11) is -2.67. The largest absolute Gasteiger partial charge is 0.495 e. The van der Waals surface area contributed by atoms with Gasteiger partial charge in [0.25, 0.3) is 15.7 Å². The van der Waals surface area contributed by atoms with Gasteiger partial charge in [-0.05, 0) is 36.6 Å². The van der Waals surface area contributed by atoms with Crippen LogP contribution in [0.15, 0.2) is 41.3 Å². The number of nitrogens with zero attached hydrogens (tertiary/aromatic N) is 2. The summed E-state index contributed by atoms with van der Waals surface area (Å²) in [6.45, 7) is 0.304. The molecule has 3 rings (SSSR count). The van der Waals surface area contributed by atoms with Crippen molar-refractivity contribution in [1.82, 2.24) is 0 Å². The number of nitro groups is 1. The van der Waals surface area contributed by atoms with Gasteiger partial charge < -0.3 is 10.5 Å². The number of fused-ring (bicyclic) bond motifs is 1. The first-order valence-electron chi connectivity index (χ1n) is 7.59. The first kappa shape index (κ1) is 17.0. The first-order chi connectivity index (χ1) is 11.9. The Balaban J connectivity index is 2.13. The monoisotopic (exact) mass is 363 g/mol. The molecule has 2 aromatic rings. The Morgan fingerprint density at radius 3 is 2.72 bits per heavy atom. The smallest absolute Gasteiger partial charge is 0.273 e. The number of nitrogen functional groups attached to an aromatic ring is 1. The van der Waals surface area contributed by atoms with Gasteiger partial charge in [0.15, 0.2) is 0 Å². The molecule has 0 bridgehead atoms. The van der Waals surface area contributed by atoms with Crippen molar-refractivity contribution < 1.29 is 18.1 Å².